The van der Waals surface area contributed by atoms with Gasteiger partial charge < -0.3 is 14.7 Å². The monoisotopic (exact) mass is 263 g/mol. The Morgan fingerprint density at radius 2 is 2.00 bits per heavy atom. The Bertz CT molecular complexity index is 368. The van der Waals surface area contributed by atoms with Crippen molar-refractivity contribution in [1.82, 2.24) is 4.90 Å². The lowest BCUT2D eigenvalue weighted by atomic mass is 9.88. The quantitative estimate of drug-likeness (QED) is 0.885. The molecule has 1 saturated heterocycles. The van der Waals surface area contributed by atoms with Crippen molar-refractivity contribution in [2.45, 2.75) is 26.4 Å². The molecular weight excluding hydrogens is 238 g/mol. The fraction of sp³-hybridized carbons (Fsp3) is 0.625. The minimum atomic E-state index is -0.416. The first kappa shape index (κ1) is 14.4. The standard InChI is InChI=1S/C16H25NO2/c1-13-8-9-17(10-14(13)2)11-15(18)12-19-16-6-4-3-5-7-16/h3-7,13-15,18H,8-12H2,1-2H3. The smallest absolute Gasteiger partial charge is 0.119 e. The fourth-order valence-corrected chi connectivity index (χ4v) is 2.57. The molecule has 0 spiro atoms. The van der Waals surface area contributed by atoms with Crippen molar-refractivity contribution in [1.29, 1.82) is 0 Å². The molecule has 0 amide bonds. The zero-order valence-corrected chi connectivity index (χ0v) is 12.0. The van der Waals surface area contributed by atoms with Crippen molar-refractivity contribution in [2.24, 2.45) is 11.8 Å². The van der Waals surface area contributed by atoms with Gasteiger partial charge in [0, 0.05) is 13.1 Å². The van der Waals surface area contributed by atoms with Crippen molar-refractivity contribution >= 4 is 0 Å². The van der Waals surface area contributed by atoms with Gasteiger partial charge in [-0.1, -0.05) is 32.0 Å². The first-order valence-corrected chi connectivity index (χ1v) is 7.23. The Balaban J connectivity index is 1.71. The Hall–Kier alpha value is -1.06. The van der Waals surface area contributed by atoms with Crippen LogP contribution < -0.4 is 4.74 Å². The normalized spacial score (nSPS) is 26.1. The van der Waals surface area contributed by atoms with Crippen molar-refractivity contribution in [3.05, 3.63) is 30.3 Å². The van der Waals surface area contributed by atoms with Crippen LogP contribution in [0.2, 0.25) is 0 Å². The van der Waals surface area contributed by atoms with Crippen LogP contribution in [0.15, 0.2) is 30.3 Å². The maximum atomic E-state index is 10.0. The second kappa shape index (κ2) is 6.92. The lowest BCUT2D eigenvalue weighted by Gasteiger charge is -2.36. The number of piperidine rings is 1. The van der Waals surface area contributed by atoms with Crippen molar-refractivity contribution in [3.63, 3.8) is 0 Å². The largest absolute Gasteiger partial charge is 0.491 e. The predicted molar refractivity (Wildman–Crippen MR) is 77.3 cm³/mol. The average molecular weight is 263 g/mol. The van der Waals surface area contributed by atoms with E-state index in [1.54, 1.807) is 0 Å². The molecular formula is C16H25NO2. The number of ether oxygens (including phenoxy) is 1. The Morgan fingerprint density at radius 3 is 2.68 bits per heavy atom. The van der Waals surface area contributed by atoms with Crippen LogP contribution >= 0.6 is 0 Å². The number of para-hydroxylation sites is 1. The van der Waals surface area contributed by atoms with Gasteiger partial charge in [0.05, 0.1) is 0 Å². The van der Waals surface area contributed by atoms with E-state index in [4.69, 9.17) is 4.74 Å². The molecule has 1 aliphatic rings. The predicted octanol–water partition coefficient (Wildman–Crippen LogP) is 2.40. The van der Waals surface area contributed by atoms with E-state index in [1.165, 1.54) is 6.42 Å². The maximum Gasteiger partial charge on any atom is 0.119 e. The van der Waals surface area contributed by atoms with Crippen LogP contribution in [-0.2, 0) is 0 Å². The summed E-state index contributed by atoms with van der Waals surface area (Å²) < 4.78 is 5.58. The van der Waals surface area contributed by atoms with Gasteiger partial charge in [-0.2, -0.15) is 0 Å². The molecule has 1 aromatic rings. The van der Waals surface area contributed by atoms with Gasteiger partial charge in [0.2, 0.25) is 0 Å². The summed E-state index contributed by atoms with van der Waals surface area (Å²) in [7, 11) is 0. The summed E-state index contributed by atoms with van der Waals surface area (Å²) in [6.45, 7) is 7.87. The molecule has 3 heteroatoms. The van der Waals surface area contributed by atoms with Crippen LogP contribution in [0.25, 0.3) is 0 Å². The topological polar surface area (TPSA) is 32.7 Å². The van der Waals surface area contributed by atoms with E-state index in [0.717, 1.165) is 30.7 Å². The van der Waals surface area contributed by atoms with Gasteiger partial charge in [-0.15, -0.1) is 0 Å². The van der Waals surface area contributed by atoms with Gasteiger partial charge in [0.25, 0.3) is 0 Å². The number of rotatable bonds is 5. The number of nitrogens with zero attached hydrogens (tertiary/aromatic N) is 1. The number of hydrogen-bond acceptors (Lipinski definition) is 3. The van der Waals surface area contributed by atoms with Gasteiger partial charge in [-0.05, 0) is 36.9 Å². The van der Waals surface area contributed by atoms with E-state index >= 15 is 0 Å². The minimum absolute atomic E-state index is 0.366. The third-order valence-electron chi connectivity index (χ3n) is 4.07. The summed E-state index contributed by atoms with van der Waals surface area (Å²) >= 11 is 0. The molecule has 3 unspecified atom stereocenters. The van der Waals surface area contributed by atoms with Gasteiger partial charge in [0.15, 0.2) is 0 Å². The average Bonchev–Trinajstić information content (AvgIpc) is 2.42. The van der Waals surface area contributed by atoms with E-state index in [9.17, 15) is 5.11 Å². The molecule has 2 rings (SSSR count). The molecule has 0 radical (unpaired) electrons. The van der Waals surface area contributed by atoms with E-state index < -0.39 is 6.10 Å². The molecule has 3 nitrogen and oxygen atoms in total. The molecule has 0 bridgehead atoms. The zero-order valence-electron chi connectivity index (χ0n) is 12.0. The highest BCUT2D eigenvalue weighted by Crippen LogP contribution is 2.22. The summed E-state index contributed by atoms with van der Waals surface area (Å²) in [6.07, 6.45) is 0.814. The second-order valence-electron chi connectivity index (χ2n) is 5.78. The van der Waals surface area contributed by atoms with Crippen LogP contribution in [0, 0.1) is 11.8 Å². The van der Waals surface area contributed by atoms with Gasteiger partial charge in [0.1, 0.15) is 18.5 Å². The summed E-state index contributed by atoms with van der Waals surface area (Å²) in [6, 6.07) is 9.67. The summed E-state index contributed by atoms with van der Waals surface area (Å²) in [4.78, 5) is 2.35. The molecule has 1 aliphatic heterocycles. The Kier molecular flexibility index (Phi) is 5.23. The number of benzene rings is 1. The van der Waals surface area contributed by atoms with Crippen LogP contribution in [0.3, 0.4) is 0 Å². The molecule has 0 aromatic heterocycles. The number of β-amino-alcohol motifs (C(OH)–C–C–N with tert-alkyl or cyclic N) is 1. The first-order chi connectivity index (χ1) is 9.15. The van der Waals surface area contributed by atoms with Gasteiger partial charge >= 0.3 is 0 Å². The molecule has 19 heavy (non-hydrogen) atoms. The lowest BCUT2D eigenvalue weighted by Crippen LogP contribution is -2.43. The van der Waals surface area contributed by atoms with Crippen molar-refractivity contribution < 1.29 is 9.84 Å². The van der Waals surface area contributed by atoms with E-state index in [1.807, 2.05) is 30.3 Å². The second-order valence-corrected chi connectivity index (χ2v) is 5.78. The van der Waals surface area contributed by atoms with Crippen molar-refractivity contribution in [3.8, 4) is 5.75 Å². The van der Waals surface area contributed by atoms with Crippen LogP contribution in [0.1, 0.15) is 20.3 Å². The highest BCUT2D eigenvalue weighted by Gasteiger charge is 2.24. The fourth-order valence-electron chi connectivity index (χ4n) is 2.57. The highest BCUT2D eigenvalue weighted by atomic mass is 16.5. The SMILES string of the molecule is CC1CCN(CC(O)COc2ccccc2)CC1C. The van der Waals surface area contributed by atoms with E-state index in [2.05, 4.69) is 18.7 Å². The third-order valence-corrected chi connectivity index (χ3v) is 4.07. The molecule has 0 aliphatic carbocycles. The molecule has 3 atom stereocenters. The lowest BCUT2D eigenvalue weighted by molar-refractivity contribution is 0.0436. The number of likely N-dealkylation sites (tertiary alicyclic amines) is 1. The molecule has 106 valence electrons. The number of hydrogen-bond donors (Lipinski definition) is 1. The Labute approximate surface area is 116 Å². The van der Waals surface area contributed by atoms with Crippen LogP contribution in [0.5, 0.6) is 5.75 Å². The Morgan fingerprint density at radius 1 is 1.26 bits per heavy atom. The number of aliphatic hydroxyl groups excluding tert-OH is 1. The summed E-state index contributed by atoms with van der Waals surface area (Å²) in [5, 5.41) is 10.0. The first-order valence-electron chi connectivity index (χ1n) is 7.23. The van der Waals surface area contributed by atoms with Gasteiger partial charge in [-0.25, -0.2) is 0 Å². The zero-order chi connectivity index (χ0) is 13.7. The minimum Gasteiger partial charge on any atom is -0.491 e. The number of aliphatic hydroxyl groups is 1. The van der Waals surface area contributed by atoms with Gasteiger partial charge in [-0.3, -0.25) is 0 Å². The third kappa shape index (κ3) is 4.51. The van der Waals surface area contributed by atoms with Crippen LogP contribution in [0.4, 0.5) is 0 Å². The molecule has 1 aromatic carbocycles. The summed E-state index contributed by atoms with van der Waals surface area (Å²) in [5.74, 6) is 2.34. The summed E-state index contributed by atoms with van der Waals surface area (Å²) in [5.41, 5.74) is 0. The molecule has 1 fully saturated rings. The molecule has 1 heterocycles. The van der Waals surface area contributed by atoms with Crippen LogP contribution in [-0.4, -0.2) is 42.4 Å². The maximum absolute atomic E-state index is 10.0. The molecule has 0 saturated carbocycles. The highest BCUT2D eigenvalue weighted by molar-refractivity contribution is 5.20. The van der Waals surface area contributed by atoms with E-state index in [0.29, 0.717) is 13.2 Å². The molecule has 1 N–H and O–H groups in total. The van der Waals surface area contributed by atoms with Crippen molar-refractivity contribution in [2.75, 3.05) is 26.2 Å². The van der Waals surface area contributed by atoms with E-state index in [-0.39, 0.29) is 0 Å².